The van der Waals surface area contributed by atoms with E-state index in [-0.39, 0.29) is 23.7 Å². The number of hydrogen-bond donors (Lipinski definition) is 1. The van der Waals surface area contributed by atoms with E-state index in [1.54, 1.807) is 38.1 Å². The van der Waals surface area contributed by atoms with Crippen LogP contribution in [0, 0.1) is 5.41 Å². The molecule has 0 aliphatic carbocycles. The number of carbonyl (C=O) groups excluding carboxylic acids is 3. The van der Waals surface area contributed by atoms with Crippen molar-refractivity contribution >= 4 is 23.6 Å². The van der Waals surface area contributed by atoms with Crippen molar-refractivity contribution in [3.8, 4) is 0 Å². The van der Waals surface area contributed by atoms with Crippen molar-refractivity contribution in [2.75, 3.05) is 14.2 Å². The van der Waals surface area contributed by atoms with Crippen molar-refractivity contribution < 1.29 is 23.9 Å². The predicted molar refractivity (Wildman–Crippen MR) is 97.5 cm³/mol. The zero-order chi connectivity index (χ0) is 19.7. The number of Topliss-reactive ketones (excluding diaryl/α,β-unsaturated/α-hetero) is 1. The number of amidine groups is 1. The lowest BCUT2D eigenvalue weighted by molar-refractivity contribution is -0.138. The lowest BCUT2D eigenvalue weighted by Crippen LogP contribution is -2.33. The van der Waals surface area contributed by atoms with Crippen LogP contribution in [0.2, 0.25) is 0 Å². The minimum Gasteiger partial charge on any atom is -0.466 e. The molecule has 0 aliphatic rings. The summed E-state index contributed by atoms with van der Waals surface area (Å²) in [4.78, 5) is 39.4. The van der Waals surface area contributed by atoms with E-state index in [2.05, 4.69) is 14.5 Å². The minimum atomic E-state index is -0.811. The van der Waals surface area contributed by atoms with Gasteiger partial charge in [-0.15, -0.1) is 0 Å². The van der Waals surface area contributed by atoms with Gasteiger partial charge >= 0.3 is 11.9 Å². The Morgan fingerprint density at radius 1 is 1.12 bits per heavy atom. The van der Waals surface area contributed by atoms with Crippen molar-refractivity contribution in [2.45, 2.75) is 26.7 Å². The molecule has 0 fully saturated rings. The summed E-state index contributed by atoms with van der Waals surface area (Å²) in [5, 5.41) is 0. The zero-order valence-electron chi connectivity index (χ0n) is 15.4. The second-order valence-electron chi connectivity index (χ2n) is 6.21. The average molecular weight is 360 g/mol. The number of hydrogen-bond acceptors (Lipinski definition) is 6. The van der Waals surface area contributed by atoms with E-state index in [1.165, 1.54) is 14.2 Å². The lowest BCUT2D eigenvalue weighted by atomic mass is 9.85. The molecule has 0 bridgehead atoms. The molecule has 0 spiro atoms. The number of aliphatic imine (C=N–C) groups is 1. The van der Waals surface area contributed by atoms with Gasteiger partial charge < -0.3 is 15.2 Å². The largest absolute Gasteiger partial charge is 0.466 e. The summed E-state index contributed by atoms with van der Waals surface area (Å²) in [6.07, 6.45) is 1.59. The van der Waals surface area contributed by atoms with E-state index in [0.29, 0.717) is 12.0 Å². The summed E-state index contributed by atoms with van der Waals surface area (Å²) >= 11 is 0. The molecule has 0 aromatic heterocycles. The monoisotopic (exact) mass is 360 g/mol. The van der Waals surface area contributed by atoms with Gasteiger partial charge in [-0.2, -0.15) is 0 Å². The molecular formula is C19H24N2O5. The standard InChI is InChI=1S/C19H24N2O5/c1-19(2,11-10-15(22)13-8-6-5-7-9-13)18(20)21-14(17(24)26-4)12-16(23)25-3/h5-9,12H,10-11H2,1-4H3,(H2,20,21). The normalized spacial score (nSPS) is 12.5. The number of methoxy groups -OCH3 is 2. The molecule has 1 aromatic carbocycles. The summed E-state index contributed by atoms with van der Waals surface area (Å²) in [6, 6.07) is 8.94. The SMILES string of the molecule is COC(=O)C=C(N=C(N)C(C)(C)CCC(=O)c1ccccc1)C(=O)OC. The summed E-state index contributed by atoms with van der Waals surface area (Å²) < 4.78 is 9.09. The van der Waals surface area contributed by atoms with E-state index >= 15 is 0 Å². The van der Waals surface area contributed by atoms with Crippen LogP contribution in [0.5, 0.6) is 0 Å². The molecule has 0 amide bonds. The van der Waals surface area contributed by atoms with Gasteiger partial charge in [0.2, 0.25) is 0 Å². The van der Waals surface area contributed by atoms with E-state index in [1.807, 2.05) is 6.07 Å². The molecule has 1 aromatic rings. The van der Waals surface area contributed by atoms with Gasteiger partial charge in [-0.05, 0) is 6.42 Å². The maximum absolute atomic E-state index is 12.2. The summed E-state index contributed by atoms with van der Waals surface area (Å²) in [5.74, 6) is -1.46. The molecule has 7 heteroatoms. The van der Waals surface area contributed by atoms with Gasteiger partial charge in [-0.25, -0.2) is 14.6 Å². The molecule has 0 saturated heterocycles. The van der Waals surface area contributed by atoms with Crippen molar-refractivity contribution in [2.24, 2.45) is 16.1 Å². The van der Waals surface area contributed by atoms with Crippen LogP contribution in [-0.2, 0) is 19.1 Å². The third-order valence-electron chi connectivity index (χ3n) is 3.86. The molecule has 140 valence electrons. The average Bonchev–Trinajstić information content (AvgIpc) is 2.65. The first kappa shape index (κ1) is 21.1. The van der Waals surface area contributed by atoms with E-state index < -0.39 is 17.4 Å². The first-order valence-corrected chi connectivity index (χ1v) is 8.02. The first-order chi connectivity index (χ1) is 12.2. The van der Waals surface area contributed by atoms with Crippen LogP contribution in [0.3, 0.4) is 0 Å². The number of nitrogens with zero attached hydrogens (tertiary/aromatic N) is 1. The molecule has 0 radical (unpaired) electrons. The van der Waals surface area contributed by atoms with Crippen LogP contribution in [-0.4, -0.2) is 37.8 Å². The topological polar surface area (TPSA) is 108 Å². The second kappa shape index (κ2) is 9.50. The van der Waals surface area contributed by atoms with Crippen molar-refractivity contribution in [1.82, 2.24) is 0 Å². The smallest absolute Gasteiger partial charge is 0.356 e. The predicted octanol–water partition coefficient (Wildman–Crippen LogP) is 2.26. The summed E-state index contributed by atoms with van der Waals surface area (Å²) in [6.45, 7) is 3.61. The molecule has 7 nitrogen and oxygen atoms in total. The van der Waals surface area contributed by atoms with Gasteiger partial charge in [-0.1, -0.05) is 44.2 Å². The van der Waals surface area contributed by atoms with E-state index in [4.69, 9.17) is 5.73 Å². The molecule has 0 aliphatic heterocycles. The van der Waals surface area contributed by atoms with Crippen molar-refractivity contribution in [3.05, 3.63) is 47.7 Å². The Balaban J connectivity index is 2.92. The third kappa shape index (κ3) is 6.16. The number of carbonyl (C=O) groups is 3. The Bertz CT molecular complexity index is 721. The molecule has 2 N–H and O–H groups in total. The number of ketones is 1. The Morgan fingerprint density at radius 3 is 2.27 bits per heavy atom. The Kier molecular flexibility index (Phi) is 7.71. The first-order valence-electron chi connectivity index (χ1n) is 8.02. The molecule has 0 unspecified atom stereocenters. The minimum absolute atomic E-state index is 0.00947. The highest BCUT2D eigenvalue weighted by atomic mass is 16.5. The van der Waals surface area contributed by atoms with Crippen LogP contribution in [0.25, 0.3) is 0 Å². The zero-order valence-corrected chi connectivity index (χ0v) is 15.4. The Morgan fingerprint density at radius 2 is 1.73 bits per heavy atom. The van der Waals surface area contributed by atoms with Gasteiger partial charge in [0.15, 0.2) is 11.5 Å². The quantitative estimate of drug-likeness (QED) is 0.250. The van der Waals surface area contributed by atoms with Crippen molar-refractivity contribution in [3.63, 3.8) is 0 Å². The van der Waals surface area contributed by atoms with Crippen LogP contribution in [0.4, 0.5) is 0 Å². The highest BCUT2D eigenvalue weighted by Gasteiger charge is 2.26. The number of nitrogens with two attached hydrogens (primary N) is 1. The van der Waals surface area contributed by atoms with Gasteiger partial charge in [0, 0.05) is 17.4 Å². The fraction of sp³-hybridized carbons (Fsp3) is 0.368. The summed E-state index contributed by atoms with van der Waals surface area (Å²) in [7, 11) is 2.35. The highest BCUT2D eigenvalue weighted by molar-refractivity contribution is 6.00. The van der Waals surface area contributed by atoms with Gasteiger partial charge in [0.1, 0.15) is 5.84 Å². The lowest BCUT2D eigenvalue weighted by Gasteiger charge is -2.23. The summed E-state index contributed by atoms with van der Waals surface area (Å²) in [5.41, 5.74) is 5.71. The molecule has 0 atom stereocenters. The van der Waals surface area contributed by atoms with Crippen LogP contribution in [0.1, 0.15) is 37.0 Å². The second-order valence-corrected chi connectivity index (χ2v) is 6.21. The number of benzene rings is 1. The van der Waals surface area contributed by atoms with Crippen molar-refractivity contribution in [1.29, 1.82) is 0 Å². The van der Waals surface area contributed by atoms with Gasteiger partial charge in [0.05, 0.1) is 20.3 Å². The van der Waals surface area contributed by atoms with Crippen LogP contribution < -0.4 is 5.73 Å². The number of ether oxygens (including phenoxy) is 2. The fourth-order valence-corrected chi connectivity index (χ4v) is 2.02. The molecule has 1 rings (SSSR count). The maximum atomic E-state index is 12.2. The number of esters is 2. The van der Waals surface area contributed by atoms with E-state index in [0.717, 1.165) is 6.08 Å². The molecular weight excluding hydrogens is 336 g/mol. The maximum Gasteiger partial charge on any atom is 0.356 e. The fourth-order valence-electron chi connectivity index (χ4n) is 2.02. The molecule has 0 saturated carbocycles. The number of rotatable bonds is 8. The molecule has 0 heterocycles. The van der Waals surface area contributed by atoms with Gasteiger partial charge in [-0.3, -0.25) is 4.79 Å². The van der Waals surface area contributed by atoms with E-state index in [9.17, 15) is 14.4 Å². The Hall–Kier alpha value is -2.96. The third-order valence-corrected chi connectivity index (χ3v) is 3.86. The highest BCUT2D eigenvalue weighted by Crippen LogP contribution is 2.25. The molecule has 26 heavy (non-hydrogen) atoms. The van der Waals surface area contributed by atoms with Crippen LogP contribution in [0.15, 0.2) is 47.1 Å². The Labute approximate surface area is 152 Å². The van der Waals surface area contributed by atoms with Crippen LogP contribution >= 0.6 is 0 Å². The van der Waals surface area contributed by atoms with Gasteiger partial charge in [0.25, 0.3) is 0 Å².